The fourth-order valence-corrected chi connectivity index (χ4v) is 2.87. The predicted molar refractivity (Wildman–Crippen MR) is 76.6 cm³/mol. The molecule has 0 saturated heterocycles. The summed E-state index contributed by atoms with van der Waals surface area (Å²) in [5.41, 5.74) is 2.75. The van der Waals surface area contributed by atoms with Gasteiger partial charge in [-0.3, -0.25) is 0 Å². The van der Waals surface area contributed by atoms with Gasteiger partial charge in [-0.25, -0.2) is 0 Å². The van der Waals surface area contributed by atoms with Crippen molar-refractivity contribution in [2.24, 2.45) is 0 Å². The standard InChI is InChI=1S/C15H19NS/c1-11(2)12-5-4-6-13(9-12)15-8-7-14(17-15)10-16-3/h4-9,11,16H,10H2,1-3H3. The number of benzene rings is 1. The van der Waals surface area contributed by atoms with Crippen molar-refractivity contribution < 1.29 is 0 Å². The molecule has 1 N–H and O–H groups in total. The van der Waals surface area contributed by atoms with E-state index in [1.54, 1.807) is 0 Å². The summed E-state index contributed by atoms with van der Waals surface area (Å²) in [5.74, 6) is 0.590. The van der Waals surface area contributed by atoms with Crippen LogP contribution in [0.15, 0.2) is 36.4 Å². The van der Waals surface area contributed by atoms with Crippen molar-refractivity contribution in [1.82, 2.24) is 5.32 Å². The monoisotopic (exact) mass is 245 g/mol. The van der Waals surface area contributed by atoms with E-state index < -0.39 is 0 Å². The van der Waals surface area contributed by atoms with E-state index in [2.05, 4.69) is 55.6 Å². The molecular weight excluding hydrogens is 226 g/mol. The maximum atomic E-state index is 3.19. The third kappa shape index (κ3) is 2.96. The van der Waals surface area contributed by atoms with Crippen LogP contribution in [0.5, 0.6) is 0 Å². The fourth-order valence-electron chi connectivity index (χ4n) is 1.85. The lowest BCUT2D eigenvalue weighted by Crippen LogP contribution is -2.02. The van der Waals surface area contributed by atoms with Gasteiger partial charge in [-0.2, -0.15) is 0 Å². The largest absolute Gasteiger partial charge is 0.315 e. The summed E-state index contributed by atoms with van der Waals surface area (Å²) in [5, 5.41) is 3.19. The summed E-state index contributed by atoms with van der Waals surface area (Å²) in [7, 11) is 1.98. The molecule has 0 bridgehead atoms. The summed E-state index contributed by atoms with van der Waals surface area (Å²) in [6.45, 7) is 5.43. The molecule has 1 nitrogen and oxygen atoms in total. The maximum Gasteiger partial charge on any atom is 0.0346 e. The van der Waals surface area contributed by atoms with Crippen LogP contribution in [-0.4, -0.2) is 7.05 Å². The second kappa shape index (κ2) is 5.48. The quantitative estimate of drug-likeness (QED) is 0.848. The van der Waals surface area contributed by atoms with E-state index in [-0.39, 0.29) is 0 Å². The van der Waals surface area contributed by atoms with Crippen LogP contribution in [0.4, 0.5) is 0 Å². The summed E-state index contributed by atoms with van der Waals surface area (Å²) >= 11 is 1.87. The Kier molecular flexibility index (Phi) is 3.97. The van der Waals surface area contributed by atoms with Crippen LogP contribution in [0.2, 0.25) is 0 Å². The predicted octanol–water partition coefficient (Wildman–Crippen LogP) is 4.26. The molecule has 0 radical (unpaired) electrons. The average molecular weight is 245 g/mol. The summed E-state index contributed by atoms with van der Waals surface area (Å²) in [6, 6.07) is 13.3. The molecule has 0 atom stereocenters. The van der Waals surface area contributed by atoms with Crippen LogP contribution in [-0.2, 0) is 6.54 Å². The lowest BCUT2D eigenvalue weighted by molar-refractivity contribution is 0.831. The summed E-state index contributed by atoms with van der Waals surface area (Å²) < 4.78 is 0. The minimum absolute atomic E-state index is 0.590. The Bertz CT molecular complexity index is 485. The topological polar surface area (TPSA) is 12.0 Å². The van der Waals surface area contributed by atoms with Crippen LogP contribution in [0.3, 0.4) is 0 Å². The summed E-state index contributed by atoms with van der Waals surface area (Å²) in [6.07, 6.45) is 0. The molecule has 1 aromatic heterocycles. The SMILES string of the molecule is CNCc1ccc(-c2cccc(C(C)C)c2)s1. The first kappa shape index (κ1) is 12.3. The fraction of sp³-hybridized carbons (Fsp3) is 0.333. The number of rotatable bonds is 4. The normalized spacial score (nSPS) is 11.1. The molecule has 90 valence electrons. The minimum Gasteiger partial charge on any atom is -0.315 e. The van der Waals surface area contributed by atoms with Gasteiger partial charge in [-0.1, -0.05) is 38.1 Å². The van der Waals surface area contributed by atoms with Gasteiger partial charge in [0.25, 0.3) is 0 Å². The van der Waals surface area contributed by atoms with E-state index in [1.807, 2.05) is 18.4 Å². The van der Waals surface area contributed by atoms with E-state index in [9.17, 15) is 0 Å². The molecule has 0 spiro atoms. The molecule has 0 amide bonds. The van der Waals surface area contributed by atoms with E-state index in [4.69, 9.17) is 0 Å². The Hall–Kier alpha value is -1.12. The van der Waals surface area contributed by atoms with Crippen molar-refractivity contribution in [2.75, 3.05) is 7.05 Å². The molecule has 2 heteroatoms. The molecule has 0 unspecified atom stereocenters. The Morgan fingerprint density at radius 2 is 2.00 bits per heavy atom. The molecule has 0 saturated carbocycles. The minimum atomic E-state index is 0.590. The third-order valence-corrected chi connectivity index (χ3v) is 3.98. The lowest BCUT2D eigenvalue weighted by Gasteiger charge is -2.06. The second-order valence-electron chi connectivity index (χ2n) is 4.58. The van der Waals surface area contributed by atoms with Crippen molar-refractivity contribution in [1.29, 1.82) is 0 Å². The molecule has 0 aliphatic heterocycles. The first-order chi connectivity index (χ1) is 8.20. The van der Waals surface area contributed by atoms with Gasteiger partial charge in [0, 0.05) is 16.3 Å². The number of nitrogens with one attached hydrogen (secondary N) is 1. The Balaban J connectivity index is 2.28. The Morgan fingerprint density at radius 3 is 2.71 bits per heavy atom. The maximum absolute atomic E-state index is 3.19. The highest BCUT2D eigenvalue weighted by molar-refractivity contribution is 7.15. The number of hydrogen-bond acceptors (Lipinski definition) is 2. The van der Waals surface area contributed by atoms with Crippen LogP contribution < -0.4 is 5.32 Å². The van der Waals surface area contributed by atoms with Crippen molar-refractivity contribution in [3.05, 3.63) is 46.8 Å². The van der Waals surface area contributed by atoms with Crippen molar-refractivity contribution in [3.8, 4) is 10.4 Å². The Labute approximate surface area is 108 Å². The molecule has 0 aliphatic carbocycles. The molecule has 2 aromatic rings. The highest BCUT2D eigenvalue weighted by Crippen LogP contribution is 2.30. The number of hydrogen-bond donors (Lipinski definition) is 1. The second-order valence-corrected chi connectivity index (χ2v) is 5.74. The van der Waals surface area contributed by atoms with Gasteiger partial charge in [-0.05, 0) is 36.2 Å². The smallest absolute Gasteiger partial charge is 0.0346 e. The molecular formula is C15H19NS. The van der Waals surface area contributed by atoms with E-state index in [0.717, 1.165) is 6.54 Å². The van der Waals surface area contributed by atoms with Gasteiger partial charge in [0.15, 0.2) is 0 Å². The van der Waals surface area contributed by atoms with Gasteiger partial charge >= 0.3 is 0 Å². The van der Waals surface area contributed by atoms with Crippen molar-refractivity contribution in [2.45, 2.75) is 26.3 Å². The van der Waals surface area contributed by atoms with Gasteiger partial charge in [0.05, 0.1) is 0 Å². The first-order valence-electron chi connectivity index (χ1n) is 6.04. The van der Waals surface area contributed by atoms with Crippen LogP contribution in [0, 0.1) is 0 Å². The molecule has 0 fully saturated rings. The average Bonchev–Trinajstić information content (AvgIpc) is 2.78. The van der Waals surface area contributed by atoms with Crippen LogP contribution >= 0.6 is 11.3 Å². The van der Waals surface area contributed by atoms with Gasteiger partial charge in [0.2, 0.25) is 0 Å². The van der Waals surface area contributed by atoms with Gasteiger partial charge in [-0.15, -0.1) is 11.3 Å². The van der Waals surface area contributed by atoms with Gasteiger partial charge < -0.3 is 5.32 Å². The zero-order valence-corrected chi connectivity index (χ0v) is 11.5. The number of thiophene rings is 1. The lowest BCUT2D eigenvalue weighted by atomic mass is 10.0. The van der Waals surface area contributed by atoms with E-state index in [1.165, 1.54) is 20.9 Å². The van der Waals surface area contributed by atoms with Crippen molar-refractivity contribution >= 4 is 11.3 Å². The van der Waals surface area contributed by atoms with Crippen LogP contribution in [0.1, 0.15) is 30.2 Å². The van der Waals surface area contributed by atoms with E-state index >= 15 is 0 Å². The third-order valence-electron chi connectivity index (χ3n) is 2.85. The zero-order chi connectivity index (χ0) is 12.3. The van der Waals surface area contributed by atoms with Crippen LogP contribution in [0.25, 0.3) is 10.4 Å². The van der Waals surface area contributed by atoms with Gasteiger partial charge in [0.1, 0.15) is 0 Å². The first-order valence-corrected chi connectivity index (χ1v) is 6.86. The molecule has 1 heterocycles. The molecule has 2 rings (SSSR count). The molecule has 1 aromatic carbocycles. The van der Waals surface area contributed by atoms with Crippen molar-refractivity contribution in [3.63, 3.8) is 0 Å². The molecule has 17 heavy (non-hydrogen) atoms. The summed E-state index contributed by atoms with van der Waals surface area (Å²) in [4.78, 5) is 2.75. The zero-order valence-electron chi connectivity index (χ0n) is 10.7. The Morgan fingerprint density at radius 1 is 1.18 bits per heavy atom. The highest BCUT2D eigenvalue weighted by Gasteiger charge is 2.05. The highest BCUT2D eigenvalue weighted by atomic mass is 32.1. The molecule has 0 aliphatic rings. The van der Waals surface area contributed by atoms with E-state index in [0.29, 0.717) is 5.92 Å².